The van der Waals surface area contributed by atoms with Gasteiger partial charge in [-0.15, -0.1) is 0 Å². The maximum absolute atomic E-state index is 12.0. The Morgan fingerprint density at radius 2 is 1.79 bits per heavy atom. The molecule has 0 radical (unpaired) electrons. The van der Waals surface area contributed by atoms with Crippen LogP contribution >= 0.6 is 11.6 Å². The summed E-state index contributed by atoms with van der Waals surface area (Å²) in [4.78, 5) is 23.1. The molecule has 0 bridgehead atoms. The third-order valence-corrected chi connectivity index (χ3v) is 3.01. The van der Waals surface area contributed by atoms with E-state index < -0.39 is 23.2 Å². The Labute approximate surface area is 117 Å². The Morgan fingerprint density at radius 1 is 1.26 bits per heavy atom. The summed E-state index contributed by atoms with van der Waals surface area (Å²) in [5, 5.41) is 12.4. The van der Waals surface area contributed by atoms with E-state index in [0.29, 0.717) is 5.02 Å². The Bertz CT molecular complexity index is 463. The van der Waals surface area contributed by atoms with Crippen molar-refractivity contribution in [3.63, 3.8) is 0 Å². The van der Waals surface area contributed by atoms with Crippen molar-refractivity contribution in [3.8, 4) is 0 Å². The van der Waals surface area contributed by atoms with E-state index >= 15 is 0 Å². The first kappa shape index (κ1) is 15.5. The van der Waals surface area contributed by atoms with Crippen LogP contribution in [0.5, 0.6) is 0 Å². The minimum absolute atomic E-state index is 0.288. The number of amides is 1. The lowest BCUT2D eigenvalue weighted by atomic mass is 9.80. The molecular weight excluding hydrogens is 266 g/mol. The Hall–Kier alpha value is -1.55. The number of carbonyl (C=O) groups excluding carboxylic acids is 1. The molecule has 1 unspecified atom stereocenters. The molecule has 0 aliphatic heterocycles. The molecule has 5 heteroatoms. The smallest absolute Gasteiger partial charge is 0.316 e. The minimum atomic E-state index is -1.11. The average Bonchev–Trinajstić information content (AvgIpc) is 2.25. The maximum Gasteiger partial charge on any atom is 0.316 e. The second-order valence-electron chi connectivity index (χ2n) is 5.48. The lowest BCUT2D eigenvalue weighted by molar-refractivity contribution is -0.151. The van der Waals surface area contributed by atoms with Crippen LogP contribution in [-0.2, 0) is 16.1 Å². The van der Waals surface area contributed by atoms with E-state index in [0.717, 1.165) is 5.56 Å². The van der Waals surface area contributed by atoms with Gasteiger partial charge < -0.3 is 10.4 Å². The van der Waals surface area contributed by atoms with Crippen molar-refractivity contribution in [3.05, 3.63) is 34.9 Å². The fourth-order valence-corrected chi connectivity index (χ4v) is 1.90. The molecule has 1 aromatic carbocycles. The van der Waals surface area contributed by atoms with Crippen LogP contribution in [0.1, 0.15) is 26.3 Å². The highest BCUT2D eigenvalue weighted by molar-refractivity contribution is 6.30. The first-order valence-electron chi connectivity index (χ1n) is 5.97. The van der Waals surface area contributed by atoms with Gasteiger partial charge in [0.05, 0.1) is 0 Å². The van der Waals surface area contributed by atoms with Gasteiger partial charge in [0.1, 0.15) is 5.92 Å². The summed E-state index contributed by atoms with van der Waals surface area (Å²) < 4.78 is 0. The monoisotopic (exact) mass is 283 g/mol. The lowest BCUT2D eigenvalue weighted by Gasteiger charge is -2.25. The van der Waals surface area contributed by atoms with E-state index in [1.54, 1.807) is 45.0 Å². The molecule has 0 aliphatic rings. The number of rotatable bonds is 4. The average molecular weight is 284 g/mol. The van der Waals surface area contributed by atoms with Crippen LogP contribution in [0.2, 0.25) is 5.02 Å². The van der Waals surface area contributed by atoms with Crippen molar-refractivity contribution in [2.75, 3.05) is 0 Å². The molecule has 1 amide bonds. The molecule has 0 aliphatic carbocycles. The molecule has 0 saturated carbocycles. The number of benzene rings is 1. The summed E-state index contributed by atoms with van der Waals surface area (Å²) in [7, 11) is 0. The molecule has 0 saturated heterocycles. The molecule has 4 nitrogen and oxygen atoms in total. The summed E-state index contributed by atoms with van der Waals surface area (Å²) in [6.07, 6.45) is 0. The van der Waals surface area contributed by atoms with Crippen LogP contribution in [0, 0.1) is 11.3 Å². The van der Waals surface area contributed by atoms with E-state index in [1.807, 2.05) is 0 Å². The third kappa shape index (κ3) is 4.56. The molecular formula is C14H18ClNO3. The number of carboxylic acids is 1. The minimum Gasteiger partial charge on any atom is -0.481 e. The van der Waals surface area contributed by atoms with Gasteiger partial charge in [-0.25, -0.2) is 0 Å². The molecule has 104 valence electrons. The van der Waals surface area contributed by atoms with Gasteiger partial charge in [0.15, 0.2) is 0 Å². The van der Waals surface area contributed by atoms with Crippen LogP contribution in [-0.4, -0.2) is 17.0 Å². The number of hydrogen-bond donors (Lipinski definition) is 2. The summed E-state index contributed by atoms with van der Waals surface area (Å²) >= 11 is 5.76. The summed E-state index contributed by atoms with van der Waals surface area (Å²) in [6.45, 7) is 5.48. The summed E-state index contributed by atoms with van der Waals surface area (Å²) in [6, 6.07) is 7.02. The van der Waals surface area contributed by atoms with Crippen molar-refractivity contribution < 1.29 is 14.7 Å². The zero-order valence-corrected chi connectivity index (χ0v) is 12.0. The van der Waals surface area contributed by atoms with E-state index in [9.17, 15) is 9.59 Å². The first-order valence-corrected chi connectivity index (χ1v) is 6.34. The van der Waals surface area contributed by atoms with E-state index in [4.69, 9.17) is 16.7 Å². The van der Waals surface area contributed by atoms with Gasteiger partial charge >= 0.3 is 5.97 Å². The van der Waals surface area contributed by atoms with Crippen LogP contribution in [0.25, 0.3) is 0 Å². The van der Waals surface area contributed by atoms with Crippen LogP contribution in [0.3, 0.4) is 0 Å². The van der Waals surface area contributed by atoms with Crippen molar-refractivity contribution >= 4 is 23.5 Å². The summed E-state index contributed by atoms with van der Waals surface area (Å²) in [5.41, 5.74) is 0.242. The molecule has 1 aromatic rings. The number of hydrogen-bond acceptors (Lipinski definition) is 2. The first-order chi connectivity index (χ1) is 8.71. The number of carbonyl (C=O) groups is 2. The number of halogens is 1. The molecule has 19 heavy (non-hydrogen) atoms. The largest absolute Gasteiger partial charge is 0.481 e. The van der Waals surface area contributed by atoms with Gasteiger partial charge in [-0.1, -0.05) is 44.5 Å². The fourth-order valence-electron chi connectivity index (χ4n) is 1.77. The van der Waals surface area contributed by atoms with E-state index in [2.05, 4.69) is 5.32 Å². The van der Waals surface area contributed by atoms with Gasteiger partial charge in [0.2, 0.25) is 5.91 Å². The van der Waals surface area contributed by atoms with Gasteiger partial charge in [-0.2, -0.15) is 0 Å². The standard InChI is InChI=1S/C14H18ClNO3/c1-14(2,3)11(13(18)19)12(17)16-8-9-4-6-10(15)7-5-9/h4-7,11H,8H2,1-3H3,(H,16,17)(H,18,19). The molecule has 2 N–H and O–H groups in total. The molecule has 1 atom stereocenters. The van der Waals surface area contributed by atoms with Gasteiger partial charge in [-0.3, -0.25) is 9.59 Å². The third-order valence-electron chi connectivity index (χ3n) is 2.76. The number of aliphatic carboxylic acids is 1. The van der Waals surface area contributed by atoms with Gasteiger partial charge in [0.25, 0.3) is 0 Å². The second-order valence-corrected chi connectivity index (χ2v) is 5.92. The maximum atomic E-state index is 12.0. The highest BCUT2D eigenvalue weighted by Crippen LogP contribution is 2.26. The van der Waals surface area contributed by atoms with Crippen molar-refractivity contribution in [1.29, 1.82) is 0 Å². The number of carboxylic acid groups (broad SMARTS) is 1. The normalized spacial score (nSPS) is 12.8. The predicted molar refractivity (Wildman–Crippen MR) is 73.9 cm³/mol. The SMILES string of the molecule is CC(C)(C)C(C(=O)O)C(=O)NCc1ccc(Cl)cc1. The Balaban J connectivity index is 2.68. The molecule has 0 fully saturated rings. The fraction of sp³-hybridized carbons (Fsp3) is 0.429. The number of nitrogens with one attached hydrogen (secondary N) is 1. The van der Waals surface area contributed by atoms with Gasteiger partial charge in [0, 0.05) is 11.6 Å². The van der Waals surface area contributed by atoms with Crippen molar-refractivity contribution in [1.82, 2.24) is 5.32 Å². The Kier molecular flexibility index (Phi) is 4.95. The molecule has 0 spiro atoms. The highest BCUT2D eigenvalue weighted by Gasteiger charge is 2.37. The predicted octanol–water partition coefficient (Wildman–Crippen LogP) is 2.70. The second kappa shape index (κ2) is 6.06. The van der Waals surface area contributed by atoms with Crippen LogP contribution in [0.4, 0.5) is 0 Å². The zero-order chi connectivity index (χ0) is 14.6. The van der Waals surface area contributed by atoms with Crippen molar-refractivity contribution in [2.24, 2.45) is 11.3 Å². The summed E-state index contributed by atoms with van der Waals surface area (Å²) in [5.74, 6) is -2.66. The Morgan fingerprint density at radius 3 is 2.21 bits per heavy atom. The molecule has 1 rings (SSSR count). The topological polar surface area (TPSA) is 66.4 Å². The molecule has 0 aromatic heterocycles. The lowest BCUT2D eigenvalue weighted by Crippen LogP contribution is -2.42. The highest BCUT2D eigenvalue weighted by atomic mass is 35.5. The van der Waals surface area contributed by atoms with E-state index in [-0.39, 0.29) is 6.54 Å². The molecule has 0 heterocycles. The quantitative estimate of drug-likeness (QED) is 0.835. The zero-order valence-electron chi connectivity index (χ0n) is 11.2. The van der Waals surface area contributed by atoms with Gasteiger partial charge in [-0.05, 0) is 23.1 Å². The van der Waals surface area contributed by atoms with Crippen LogP contribution < -0.4 is 5.32 Å². The van der Waals surface area contributed by atoms with E-state index in [1.165, 1.54) is 0 Å². The van der Waals surface area contributed by atoms with Crippen LogP contribution in [0.15, 0.2) is 24.3 Å². The van der Waals surface area contributed by atoms with Crippen molar-refractivity contribution in [2.45, 2.75) is 27.3 Å².